The summed E-state index contributed by atoms with van der Waals surface area (Å²) in [5.74, 6) is 0.883. The third-order valence-corrected chi connectivity index (χ3v) is 4.13. The van der Waals surface area contributed by atoms with Crippen LogP contribution in [0, 0.1) is 0 Å². The second kappa shape index (κ2) is 5.64. The van der Waals surface area contributed by atoms with E-state index in [1.165, 1.54) is 22.1 Å². The molecule has 2 aromatic heterocycles. The van der Waals surface area contributed by atoms with Gasteiger partial charge in [-0.1, -0.05) is 24.3 Å². The Kier molecular flexibility index (Phi) is 3.34. The van der Waals surface area contributed by atoms with E-state index in [1.54, 1.807) is 24.7 Å². The summed E-state index contributed by atoms with van der Waals surface area (Å²) < 4.78 is 1.53. The van der Waals surface area contributed by atoms with Crippen molar-refractivity contribution in [1.82, 2.24) is 25.1 Å². The molecule has 2 heterocycles. The van der Waals surface area contributed by atoms with Gasteiger partial charge in [0.05, 0.1) is 0 Å². The molecule has 114 valence electrons. The molecule has 1 N–H and O–H groups in total. The zero-order valence-corrected chi connectivity index (χ0v) is 12.4. The minimum atomic E-state index is -0.0989. The number of hydrogen-bond acceptors (Lipinski definition) is 4. The Balaban J connectivity index is 1.43. The summed E-state index contributed by atoms with van der Waals surface area (Å²) in [5, 5.41) is 7.02. The van der Waals surface area contributed by atoms with Gasteiger partial charge in [-0.3, -0.25) is 4.79 Å². The Hall–Kier alpha value is -3.02. The number of amides is 1. The van der Waals surface area contributed by atoms with Gasteiger partial charge in [-0.05, 0) is 29.7 Å². The van der Waals surface area contributed by atoms with E-state index in [2.05, 4.69) is 38.6 Å². The number of rotatable bonds is 4. The molecular weight excluding hydrogens is 290 g/mol. The lowest BCUT2D eigenvalue weighted by Crippen LogP contribution is -2.33. The summed E-state index contributed by atoms with van der Waals surface area (Å²) in [6.45, 7) is 0.650. The molecule has 1 aromatic carbocycles. The topological polar surface area (TPSA) is 72.7 Å². The summed E-state index contributed by atoms with van der Waals surface area (Å²) in [7, 11) is 0. The number of aromatic nitrogens is 4. The van der Waals surface area contributed by atoms with Gasteiger partial charge in [-0.25, -0.2) is 14.6 Å². The Morgan fingerprint density at radius 1 is 1.30 bits per heavy atom. The minimum Gasteiger partial charge on any atom is -0.351 e. The first-order chi connectivity index (χ1) is 11.3. The molecule has 0 saturated heterocycles. The molecule has 1 atom stereocenters. The van der Waals surface area contributed by atoms with Gasteiger partial charge in [-0.15, -0.1) is 0 Å². The van der Waals surface area contributed by atoms with E-state index in [-0.39, 0.29) is 5.91 Å². The zero-order valence-electron chi connectivity index (χ0n) is 12.4. The average molecular weight is 305 g/mol. The lowest BCUT2D eigenvalue weighted by atomic mass is 9.77. The molecule has 6 heteroatoms. The number of carbonyl (C=O) groups excluding carboxylic acids is 1. The third-order valence-electron chi connectivity index (χ3n) is 4.13. The molecule has 0 radical (unpaired) electrons. The standard InChI is InChI=1S/C17H15N5O/c23-17(20-9-14-7-12-3-1-2-4-15(12)14)13-5-6-19-16(8-13)22-11-18-10-21-22/h1-6,8,10-11,14H,7,9H2,(H,20,23)/t14-/m1/s1. The van der Waals surface area contributed by atoms with Crippen molar-refractivity contribution in [3.63, 3.8) is 0 Å². The van der Waals surface area contributed by atoms with E-state index in [1.807, 2.05) is 6.07 Å². The smallest absolute Gasteiger partial charge is 0.251 e. The number of fused-ring (bicyclic) bond motifs is 1. The van der Waals surface area contributed by atoms with E-state index >= 15 is 0 Å². The van der Waals surface area contributed by atoms with Gasteiger partial charge >= 0.3 is 0 Å². The zero-order chi connectivity index (χ0) is 15.6. The van der Waals surface area contributed by atoms with Crippen LogP contribution in [0.2, 0.25) is 0 Å². The van der Waals surface area contributed by atoms with Crippen molar-refractivity contribution in [3.8, 4) is 5.82 Å². The third kappa shape index (κ3) is 2.59. The van der Waals surface area contributed by atoms with E-state index in [0.717, 1.165) is 6.42 Å². The largest absolute Gasteiger partial charge is 0.351 e. The van der Waals surface area contributed by atoms with Crippen LogP contribution in [0.4, 0.5) is 0 Å². The van der Waals surface area contributed by atoms with Crippen LogP contribution in [0.3, 0.4) is 0 Å². The number of carbonyl (C=O) groups is 1. The number of benzene rings is 1. The lowest BCUT2D eigenvalue weighted by Gasteiger charge is -2.30. The Labute approximate surface area is 133 Å². The fourth-order valence-electron chi connectivity index (χ4n) is 2.87. The van der Waals surface area contributed by atoms with Gasteiger partial charge in [0.1, 0.15) is 12.7 Å². The van der Waals surface area contributed by atoms with Crippen LogP contribution in [0.5, 0.6) is 0 Å². The highest BCUT2D eigenvalue weighted by atomic mass is 16.1. The summed E-state index contributed by atoms with van der Waals surface area (Å²) in [6.07, 6.45) is 5.61. The molecule has 0 spiro atoms. The highest BCUT2D eigenvalue weighted by Crippen LogP contribution is 2.33. The lowest BCUT2D eigenvalue weighted by molar-refractivity contribution is 0.0950. The summed E-state index contributed by atoms with van der Waals surface area (Å²) >= 11 is 0. The van der Waals surface area contributed by atoms with Crippen LogP contribution in [0.15, 0.2) is 55.2 Å². The van der Waals surface area contributed by atoms with E-state index in [0.29, 0.717) is 23.8 Å². The predicted molar refractivity (Wildman–Crippen MR) is 84.4 cm³/mol. The molecule has 0 fully saturated rings. The summed E-state index contributed by atoms with van der Waals surface area (Å²) in [5.41, 5.74) is 3.29. The minimum absolute atomic E-state index is 0.0989. The van der Waals surface area contributed by atoms with Crippen LogP contribution < -0.4 is 5.32 Å². The highest BCUT2D eigenvalue weighted by molar-refractivity contribution is 5.94. The first kappa shape index (κ1) is 13.6. The number of hydrogen-bond donors (Lipinski definition) is 1. The van der Waals surface area contributed by atoms with Crippen LogP contribution >= 0.6 is 0 Å². The molecule has 6 nitrogen and oxygen atoms in total. The molecule has 0 aliphatic heterocycles. The van der Waals surface area contributed by atoms with Crippen LogP contribution in [-0.2, 0) is 6.42 Å². The van der Waals surface area contributed by atoms with Crippen molar-refractivity contribution in [2.45, 2.75) is 12.3 Å². The fourth-order valence-corrected chi connectivity index (χ4v) is 2.87. The summed E-state index contributed by atoms with van der Waals surface area (Å²) in [6, 6.07) is 11.8. The molecule has 0 unspecified atom stereocenters. The molecule has 4 rings (SSSR count). The van der Waals surface area contributed by atoms with Crippen molar-refractivity contribution in [3.05, 3.63) is 71.9 Å². The molecule has 1 aliphatic rings. The number of pyridine rings is 1. The Morgan fingerprint density at radius 3 is 3.04 bits per heavy atom. The van der Waals surface area contributed by atoms with E-state index < -0.39 is 0 Å². The Bertz CT molecular complexity index is 844. The predicted octanol–water partition coefficient (Wildman–Crippen LogP) is 1.73. The van der Waals surface area contributed by atoms with Gasteiger partial charge < -0.3 is 5.32 Å². The van der Waals surface area contributed by atoms with Gasteiger partial charge in [0, 0.05) is 24.2 Å². The molecule has 1 aliphatic carbocycles. The maximum Gasteiger partial charge on any atom is 0.251 e. The molecule has 0 saturated carbocycles. The van der Waals surface area contributed by atoms with Crippen LogP contribution in [0.1, 0.15) is 27.4 Å². The Morgan fingerprint density at radius 2 is 2.22 bits per heavy atom. The molecule has 3 aromatic rings. The summed E-state index contributed by atoms with van der Waals surface area (Å²) in [4.78, 5) is 20.4. The molecular formula is C17H15N5O. The monoisotopic (exact) mass is 305 g/mol. The van der Waals surface area contributed by atoms with Crippen molar-refractivity contribution < 1.29 is 4.79 Å². The fraction of sp³-hybridized carbons (Fsp3) is 0.176. The van der Waals surface area contributed by atoms with Crippen LogP contribution in [-0.4, -0.2) is 32.2 Å². The second-order valence-corrected chi connectivity index (χ2v) is 5.55. The number of nitrogens with one attached hydrogen (secondary N) is 1. The maximum atomic E-state index is 12.3. The first-order valence-electron chi connectivity index (χ1n) is 7.48. The first-order valence-corrected chi connectivity index (χ1v) is 7.48. The van der Waals surface area contributed by atoms with Crippen LogP contribution in [0.25, 0.3) is 5.82 Å². The molecule has 0 bridgehead atoms. The quantitative estimate of drug-likeness (QED) is 0.797. The second-order valence-electron chi connectivity index (χ2n) is 5.55. The highest BCUT2D eigenvalue weighted by Gasteiger charge is 2.25. The van der Waals surface area contributed by atoms with E-state index in [4.69, 9.17) is 0 Å². The van der Waals surface area contributed by atoms with Gasteiger partial charge in [0.15, 0.2) is 5.82 Å². The van der Waals surface area contributed by atoms with Crippen molar-refractivity contribution in [2.24, 2.45) is 0 Å². The SMILES string of the molecule is O=C(NC[C@H]1Cc2ccccc21)c1ccnc(-n2cncn2)c1. The van der Waals surface area contributed by atoms with E-state index in [9.17, 15) is 4.79 Å². The normalized spacial score (nSPS) is 15.6. The van der Waals surface area contributed by atoms with Crippen molar-refractivity contribution in [1.29, 1.82) is 0 Å². The van der Waals surface area contributed by atoms with Gasteiger partial charge in [-0.2, -0.15) is 5.10 Å². The van der Waals surface area contributed by atoms with Gasteiger partial charge in [0.25, 0.3) is 5.91 Å². The average Bonchev–Trinajstić information content (AvgIpc) is 3.10. The molecule has 23 heavy (non-hydrogen) atoms. The van der Waals surface area contributed by atoms with Gasteiger partial charge in [0.2, 0.25) is 0 Å². The molecule has 1 amide bonds. The van der Waals surface area contributed by atoms with Crippen molar-refractivity contribution in [2.75, 3.05) is 6.54 Å². The van der Waals surface area contributed by atoms with Crippen molar-refractivity contribution >= 4 is 5.91 Å². The maximum absolute atomic E-state index is 12.3. The number of nitrogens with zero attached hydrogens (tertiary/aromatic N) is 4.